The molecule has 92 valence electrons. The zero-order valence-corrected chi connectivity index (χ0v) is 10.3. The number of hydrogen-bond donors (Lipinski definition) is 2. The van der Waals surface area contributed by atoms with Crippen molar-refractivity contribution < 1.29 is 0 Å². The first-order valence-electron chi connectivity index (χ1n) is 6.39. The molecule has 0 radical (unpaired) electrons. The second-order valence-electron chi connectivity index (χ2n) is 4.54. The van der Waals surface area contributed by atoms with Crippen LogP contribution in [0.25, 0.3) is 11.3 Å². The van der Waals surface area contributed by atoms with Gasteiger partial charge in [0.15, 0.2) is 0 Å². The fraction of sp³-hybridized carbons (Fsp3) is 0.267. The average molecular weight is 239 g/mol. The SMILES string of the molecule is c1ccc(-c2ccccc2CC2NCCN2)nc1. The molecule has 0 bridgehead atoms. The van der Waals surface area contributed by atoms with Crippen LogP contribution in [-0.2, 0) is 6.42 Å². The lowest BCUT2D eigenvalue weighted by molar-refractivity contribution is 0.551. The summed E-state index contributed by atoms with van der Waals surface area (Å²) < 4.78 is 0. The predicted molar refractivity (Wildman–Crippen MR) is 73.2 cm³/mol. The smallest absolute Gasteiger partial charge is 0.0704 e. The minimum atomic E-state index is 0.384. The molecule has 2 heterocycles. The molecule has 1 saturated heterocycles. The van der Waals surface area contributed by atoms with Gasteiger partial charge in [-0.2, -0.15) is 0 Å². The molecular weight excluding hydrogens is 222 g/mol. The van der Waals surface area contributed by atoms with Gasteiger partial charge >= 0.3 is 0 Å². The van der Waals surface area contributed by atoms with Crippen LogP contribution in [0.2, 0.25) is 0 Å². The number of nitrogens with one attached hydrogen (secondary N) is 2. The summed E-state index contributed by atoms with van der Waals surface area (Å²) in [5.41, 5.74) is 3.61. The molecule has 0 aliphatic carbocycles. The Morgan fingerprint density at radius 3 is 2.56 bits per heavy atom. The van der Waals surface area contributed by atoms with Crippen LogP contribution < -0.4 is 10.6 Å². The summed E-state index contributed by atoms with van der Waals surface area (Å²) in [5, 5.41) is 6.90. The number of aromatic nitrogens is 1. The first-order chi connectivity index (χ1) is 8.93. The Morgan fingerprint density at radius 1 is 1.00 bits per heavy atom. The van der Waals surface area contributed by atoms with Gasteiger partial charge in [0, 0.05) is 31.3 Å². The molecule has 1 aliphatic heterocycles. The van der Waals surface area contributed by atoms with Gasteiger partial charge in [-0.15, -0.1) is 0 Å². The largest absolute Gasteiger partial charge is 0.300 e. The van der Waals surface area contributed by atoms with Gasteiger partial charge in [-0.3, -0.25) is 4.98 Å². The Kier molecular flexibility index (Phi) is 3.35. The molecule has 1 aromatic carbocycles. The second kappa shape index (κ2) is 5.29. The number of nitrogens with zero attached hydrogens (tertiary/aromatic N) is 1. The van der Waals surface area contributed by atoms with E-state index in [-0.39, 0.29) is 0 Å². The Bertz CT molecular complexity index is 504. The lowest BCUT2D eigenvalue weighted by atomic mass is 10.0. The maximum absolute atomic E-state index is 4.44. The van der Waals surface area contributed by atoms with E-state index < -0.39 is 0 Å². The summed E-state index contributed by atoms with van der Waals surface area (Å²) in [6, 6.07) is 14.5. The molecule has 18 heavy (non-hydrogen) atoms. The highest BCUT2D eigenvalue weighted by atomic mass is 15.2. The lowest BCUT2D eigenvalue weighted by Crippen LogP contribution is -2.33. The summed E-state index contributed by atoms with van der Waals surface area (Å²) >= 11 is 0. The number of benzene rings is 1. The normalized spacial score (nSPS) is 16.0. The van der Waals surface area contributed by atoms with E-state index in [4.69, 9.17) is 0 Å². The molecule has 0 unspecified atom stereocenters. The number of hydrogen-bond acceptors (Lipinski definition) is 3. The number of rotatable bonds is 3. The summed E-state index contributed by atoms with van der Waals surface area (Å²) in [5.74, 6) is 0. The Hall–Kier alpha value is -1.71. The summed E-state index contributed by atoms with van der Waals surface area (Å²) in [4.78, 5) is 4.44. The zero-order chi connectivity index (χ0) is 12.2. The van der Waals surface area contributed by atoms with Crippen molar-refractivity contribution in [1.82, 2.24) is 15.6 Å². The van der Waals surface area contributed by atoms with Crippen LogP contribution >= 0.6 is 0 Å². The van der Waals surface area contributed by atoms with E-state index in [0.29, 0.717) is 6.17 Å². The van der Waals surface area contributed by atoms with Gasteiger partial charge in [0.1, 0.15) is 0 Å². The van der Waals surface area contributed by atoms with Crippen molar-refractivity contribution in [2.75, 3.05) is 13.1 Å². The van der Waals surface area contributed by atoms with Gasteiger partial charge < -0.3 is 10.6 Å². The van der Waals surface area contributed by atoms with Crippen LogP contribution in [-0.4, -0.2) is 24.2 Å². The molecule has 3 nitrogen and oxygen atoms in total. The van der Waals surface area contributed by atoms with Crippen molar-refractivity contribution in [2.24, 2.45) is 0 Å². The van der Waals surface area contributed by atoms with E-state index in [2.05, 4.69) is 45.9 Å². The third-order valence-electron chi connectivity index (χ3n) is 3.29. The highest BCUT2D eigenvalue weighted by Gasteiger charge is 2.15. The molecule has 0 saturated carbocycles. The molecule has 0 atom stereocenters. The van der Waals surface area contributed by atoms with E-state index in [1.165, 1.54) is 11.1 Å². The summed E-state index contributed by atoms with van der Waals surface area (Å²) in [6.07, 6.45) is 3.22. The van der Waals surface area contributed by atoms with Crippen molar-refractivity contribution >= 4 is 0 Å². The van der Waals surface area contributed by atoms with E-state index in [0.717, 1.165) is 25.2 Å². The maximum atomic E-state index is 4.44. The second-order valence-corrected chi connectivity index (χ2v) is 4.54. The minimum absolute atomic E-state index is 0.384. The Balaban J connectivity index is 1.90. The third-order valence-corrected chi connectivity index (χ3v) is 3.29. The van der Waals surface area contributed by atoms with Crippen molar-refractivity contribution in [3.63, 3.8) is 0 Å². The van der Waals surface area contributed by atoms with Crippen LogP contribution in [0.1, 0.15) is 5.56 Å². The Morgan fingerprint density at radius 2 is 1.78 bits per heavy atom. The topological polar surface area (TPSA) is 37.0 Å². The van der Waals surface area contributed by atoms with Crippen molar-refractivity contribution in [3.8, 4) is 11.3 Å². The van der Waals surface area contributed by atoms with Crippen LogP contribution in [0, 0.1) is 0 Å². The molecule has 1 fully saturated rings. The highest BCUT2D eigenvalue weighted by Crippen LogP contribution is 2.22. The fourth-order valence-corrected chi connectivity index (χ4v) is 2.40. The highest BCUT2D eigenvalue weighted by molar-refractivity contribution is 5.63. The van der Waals surface area contributed by atoms with Crippen molar-refractivity contribution in [3.05, 3.63) is 54.2 Å². The molecule has 2 N–H and O–H groups in total. The molecule has 2 aromatic rings. The van der Waals surface area contributed by atoms with Gasteiger partial charge in [0.25, 0.3) is 0 Å². The van der Waals surface area contributed by atoms with Gasteiger partial charge in [-0.25, -0.2) is 0 Å². The molecular formula is C15H17N3. The standard InChI is InChI=1S/C15H17N3/c1-2-6-13(14-7-3-4-8-16-14)12(5-1)11-15-17-9-10-18-15/h1-8,15,17-18H,9-11H2. The van der Waals surface area contributed by atoms with E-state index in [9.17, 15) is 0 Å². The number of pyridine rings is 1. The Labute approximate surface area is 107 Å². The van der Waals surface area contributed by atoms with Gasteiger partial charge in [0.2, 0.25) is 0 Å². The van der Waals surface area contributed by atoms with Crippen LogP contribution in [0.15, 0.2) is 48.7 Å². The van der Waals surface area contributed by atoms with E-state index in [1.807, 2.05) is 18.3 Å². The van der Waals surface area contributed by atoms with Crippen LogP contribution in [0.5, 0.6) is 0 Å². The first kappa shape index (κ1) is 11.4. The van der Waals surface area contributed by atoms with Crippen LogP contribution in [0.3, 0.4) is 0 Å². The molecule has 0 spiro atoms. The molecule has 3 rings (SSSR count). The molecule has 3 heteroatoms. The molecule has 1 aliphatic rings. The summed E-state index contributed by atoms with van der Waals surface area (Å²) in [7, 11) is 0. The first-order valence-corrected chi connectivity index (χ1v) is 6.39. The van der Waals surface area contributed by atoms with E-state index >= 15 is 0 Å². The van der Waals surface area contributed by atoms with Crippen molar-refractivity contribution in [1.29, 1.82) is 0 Å². The average Bonchev–Trinajstić information content (AvgIpc) is 2.93. The van der Waals surface area contributed by atoms with Crippen LogP contribution in [0.4, 0.5) is 0 Å². The molecule has 1 aromatic heterocycles. The third kappa shape index (κ3) is 2.42. The zero-order valence-electron chi connectivity index (χ0n) is 10.3. The lowest BCUT2D eigenvalue weighted by Gasteiger charge is -2.14. The van der Waals surface area contributed by atoms with Crippen molar-refractivity contribution in [2.45, 2.75) is 12.6 Å². The quantitative estimate of drug-likeness (QED) is 0.857. The fourth-order valence-electron chi connectivity index (χ4n) is 2.40. The molecule has 0 amide bonds. The maximum Gasteiger partial charge on any atom is 0.0704 e. The predicted octanol–water partition coefficient (Wildman–Crippen LogP) is 1.81. The monoisotopic (exact) mass is 239 g/mol. The van der Waals surface area contributed by atoms with Gasteiger partial charge in [-0.05, 0) is 17.7 Å². The van der Waals surface area contributed by atoms with E-state index in [1.54, 1.807) is 0 Å². The minimum Gasteiger partial charge on any atom is -0.300 e. The van der Waals surface area contributed by atoms with Gasteiger partial charge in [-0.1, -0.05) is 30.3 Å². The van der Waals surface area contributed by atoms with Gasteiger partial charge in [0.05, 0.1) is 11.9 Å². The summed E-state index contributed by atoms with van der Waals surface area (Å²) in [6.45, 7) is 2.10.